The third kappa shape index (κ3) is 4.50. The van der Waals surface area contributed by atoms with Crippen LogP contribution in [0.1, 0.15) is 37.7 Å². The lowest BCUT2D eigenvalue weighted by Gasteiger charge is -2.39. The number of hydrogen-bond acceptors (Lipinski definition) is 6. The van der Waals surface area contributed by atoms with Crippen molar-refractivity contribution < 1.29 is 14.7 Å². The molecule has 2 N–H and O–H groups in total. The lowest BCUT2D eigenvalue weighted by Crippen LogP contribution is -2.42. The molecule has 0 radical (unpaired) electrons. The zero-order chi connectivity index (χ0) is 20.4. The average Bonchev–Trinajstić information content (AvgIpc) is 2.84. The molecule has 2 fully saturated rings. The summed E-state index contributed by atoms with van der Waals surface area (Å²) in [5, 5.41) is 17.6. The monoisotopic (exact) mass is 399 g/mol. The molecule has 1 aromatic carbocycles. The normalized spacial score (nSPS) is 24.0. The minimum absolute atomic E-state index is 0.213. The molecular weight excluding hydrogens is 368 g/mol. The second kappa shape index (κ2) is 8.61. The molecule has 1 atom stereocenters. The molecule has 1 aromatic rings. The van der Waals surface area contributed by atoms with Gasteiger partial charge in [0.25, 0.3) is 0 Å². The third-order valence-corrected chi connectivity index (χ3v) is 6.83. The Morgan fingerprint density at radius 2 is 1.83 bits per heavy atom. The van der Waals surface area contributed by atoms with Crippen molar-refractivity contribution in [3.05, 3.63) is 23.8 Å². The van der Waals surface area contributed by atoms with Crippen LogP contribution in [-0.4, -0.2) is 56.0 Å². The van der Waals surface area contributed by atoms with Crippen molar-refractivity contribution in [3.8, 4) is 0 Å². The summed E-state index contributed by atoms with van der Waals surface area (Å²) < 4.78 is 0. The van der Waals surface area contributed by atoms with E-state index >= 15 is 0 Å². The molecule has 7 heteroatoms. The van der Waals surface area contributed by atoms with Crippen LogP contribution in [-0.2, 0) is 16.1 Å². The fourth-order valence-corrected chi connectivity index (χ4v) is 5.15. The van der Waals surface area contributed by atoms with Gasteiger partial charge in [-0.1, -0.05) is 0 Å². The van der Waals surface area contributed by atoms with E-state index in [2.05, 4.69) is 27.7 Å². The largest absolute Gasteiger partial charge is 0.550 e. The van der Waals surface area contributed by atoms with Crippen LogP contribution in [0.4, 0.5) is 11.4 Å². The Bertz CT molecular complexity index is 754. The number of carboxylic acids is 1. The highest BCUT2D eigenvalue weighted by atomic mass is 16.4. The van der Waals surface area contributed by atoms with Gasteiger partial charge in [-0.25, -0.2) is 0 Å². The van der Waals surface area contributed by atoms with Gasteiger partial charge in [0.1, 0.15) is 6.04 Å². The molecule has 0 aromatic heterocycles. The van der Waals surface area contributed by atoms with Crippen molar-refractivity contribution in [3.63, 3.8) is 0 Å². The maximum atomic E-state index is 12.5. The number of amides is 1. The summed E-state index contributed by atoms with van der Waals surface area (Å²) in [5.74, 6) is 0.274. The number of piperidine rings is 2. The maximum Gasteiger partial charge on any atom is 0.245 e. The van der Waals surface area contributed by atoms with Crippen LogP contribution in [0.25, 0.3) is 0 Å². The number of fused-ring (bicyclic) bond motifs is 1. The van der Waals surface area contributed by atoms with Crippen LogP contribution in [0.2, 0.25) is 0 Å². The van der Waals surface area contributed by atoms with E-state index in [-0.39, 0.29) is 12.3 Å². The number of benzene rings is 1. The van der Waals surface area contributed by atoms with E-state index in [1.165, 1.54) is 31.4 Å². The average molecular weight is 400 g/mol. The number of nitrogens with one attached hydrogen (secondary N) is 2. The summed E-state index contributed by atoms with van der Waals surface area (Å²) in [6.45, 7) is 4.94. The van der Waals surface area contributed by atoms with Gasteiger partial charge in [-0.2, -0.15) is 0 Å². The Hall–Kier alpha value is -2.28. The van der Waals surface area contributed by atoms with Crippen molar-refractivity contribution in [1.82, 2.24) is 10.2 Å². The van der Waals surface area contributed by atoms with E-state index in [9.17, 15) is 14.7 Å². The van der Waals surface area contributed by atoms with Crippen molar-refractivity contribution in [2.75, 3.05) is 43.4 Å². The fourth-order valence-electron chi connectivity index (χ4n) is 5.15. The summed E-state index contributed by atoms with van der Waals surface area (Å²) in [6, 6.07) is 5.44. The Kier molecular flexibility index (Phi) is 5.94. The molecule has 0 spiro atoms. The van der Waals surface area contributed by atoms with Gasteiger partial charge in [0, 0.05) is 50.4 Å². The van der Waals surface area contributed by atoms with Gasteiger partial charge in [-0.15, -0.1) is 0 Å². The van der Waals surface area contributed by atoms with Crippen LogP contribution >= 0.6 is 0 Å². The number of anilines is 2. The first-order chi connectivity index (χ1) is 14.0. The second-order valence-corrected chi connectivity index (χ2v) is 8.72. The molecule has 3 aliphatic rings. The molecule has 4 rings (SSSR count). The van der Waals surface area contributed by atoms with Crippen LogP contribution in [0.3, 0.4) is 0 Å². The van der Waals surface area contributed by atoms with Crippen molar-refractivity contribution in [1.29, 1.82) is 0 Å². The molecule has 7 nitrogen and oxygen atoms in total. The molecule has 3 aliphatic heterocycles. The first-order valence-electron chi connectivity index (χ1n) is 10.8. The molecular formula is C22H31N4O3-. The quantitative estimate of drug-likeness (QED) is 0.779. The van der Waals surface area contributed by atoms with E-state index in [1.807, 2.05) is 6.07 Å². The number of rotatable bonds is 4. The van der Waals surface area contributed by atoms with Gasteiger partial charge in [0.05, 0.1) is 0 Å². The summed E-state index contributed by atoms with van der Waals surface area (Å²) in [4.78, 5) is 27.5. The zero-order valence-electron chi connectivity index (χ0n) is 17.2. The fraction of sp³-hybridized carbons (Fsp3) is 0.636. The Morgan fingerprint density at radius 1 is 1.14 bits per heavy atom. The van der Waals surface area contributed by atoms with E-state index in [4.69, 9.17) is 0 Å². The lowest BCUT2D eigenvalue weighted by atomic mass is 9.79. The van der Waals surface area contributed by atoms with Gasteiger partial charge in [-0.3, -0.25) is 4.79 Å². The summed E-state index contributed by atoms with van der Waals surface area (Å²) in [6.07, 6.45) is 4.78. The minimum atomic E-state index is -1.22. The van der Waals surface area contributed by atoms with E-state index < -0.39 is 12.0 Å². The third-order valence-electron chi connectivity index (χ3n) is 6.83. The maximum absolute atomic E-state index is 12.5. The van der Waals surface area contributed by atoms with Gasteiger partial charge in [0.2, 0.25) is 5.91 Å². The number of carbonyl (C=O) groups is 2. The smallest absolute Gasteiger partial charge is 0.245 e. The first kappa shape index (κ1) is 20.0. The molecule has 2 saturated heterocycles. The van der Waals surface area contributed by atoms with E-state index in [1.54, 1.807) is 11.9 Å². The number of aliphatic carboxylic acids is 1. The molecule has 0 saturated carbocycles. The van der Waals surface area contributed by atoms with Crippen LogP contribution in [0, 0.1) is 11.8 Å². The highest BCUT2D eigenvalue weighted by Crippen LogP contribution is 2.34. The lowest BCUT2D eigenvalue weighted by molar-refractivity contribution is -0.305. The Labute approximate surface area is 172 Å². The number of hydrogen-bond donors (Lipinski definition) is 2. The van der Waals surface area contributed by atoms with Crippen molar-refractivity contribution in [2.24, 2.45) is 11.8 Å². The van der Waals surface area contributed by atoms with Crippen molar-refractivity contribution >= 4 is 23.3 Å². The van der Waals surface area contributed by atoms with Crippen LogP contribution < -0.4 is 20.6 Å². The SMILES string of the molecule is CN1Cc2cc(N3CCC(C4CCNCC4)CC3)ccc2NC(CC(=O)[O-])C1=O. The molecule has 158 valence electrons. The zero-order valence-corrected chi connectivity index (χ0v) is 17.2. The number of carboxylic acid groups (broad SMARTS) is 1. The topological polar surface area (TPSA) is 87.7 Å². The summed E-state index contributed by atoms with van der Waals surface area (Å²) in [7, 11) is 1.72. The summed E-state index contributed by atoms with van der Waals surface area (Å²) in [5.41, 5.74) is 3.05. The number of nitrogens with zero attached hydrogens (tertiary/aromatic N) is 2. The Morgan fingerprint density at radius 3 is 2.52 bits per heavy atom. The van der Waals surface area contributed by atoms with Crippen LogP contribution in [0.5, 0.6) is 0 Å². The highest BCUT2D eigenvalue weighted by Gasteiger charge is 2.30. The second-order valence-electron chi connectivity index (χ2n) is 8.72. The predicted molar refractivity (Wildman–Crippen MR) is 110 cm³/mol. The molecule has 29 heavy (non-hydrogen) atoms. The first-order valence-corrected chi connectivity index (χ1v) is 10.8. The molecule has 0 bridgehead atoms. The predicted octanol–water partition coefficient (Wildman–Crippen LogP) is 0.795. The van der Waals surface area contributed by atoms with Crippen LogP contribution in [0.15, 0.2) is 18.2 Å². The molecule has 0 aliphatic carbocycles. The highest BCUT2D eigenvalue weighted by molar-refractivity contribution is 5.89. The van der Waals surface area contributed by atoms with Gasteiger partial charge >= 0.3 is 0 Å². The summed E-state index contributed by atoms with van der Waals surface area (Å²) >= 11 is 0. The molecule has 3 heterocycles. The van der Waals surface area contributed by atoms with E-state index in [0.717, 1.165) is 49.3 Å². The van der Waals surface area contributed by atoms with Crippen molar-refractivity contribution in [2.45, 2.75) is 44.7 Å². The Balaban J connectivity index is 1.44. The minimum Gasteiger partial charge on any atom is -0.550 e. The van der Waals surface area contributed by atoms with Gasteiger partial charge < -0.3 is 30.3 Å². The van der Waals surface area contributed by atoms with E-state index in [0.29, 0.717) is 6.54 Å². The number of carbonyl (C=O) groups excluding carboxylic acids is 2. The number of likely N-dealkylation sites (N-methyl/N-ethyl adjacent to an activating group) is 1. The van der Waals surface area contributed by atoms with Gasteiger partial charge in [0.15, 0.2) is 0 Å². The van der Waals surface area contributed by atoms with Gasteiger partial charge in [-0.05, 0) is 74.4 Å². The standard InChI is InChI=1S/C22H32N4O3/c1-25-14-17-12-18(2-3-19(17)24-20(22(25)29)13-21(27)28)26-10-6-16(7-11-26)15-4-8-23-9-5-15/h2-3,12,15-16,20,23-24H,4-11,13-14H2,1H3,(H,27,28)/p-1. The molecule has 1 amide bonds. The molecule has 1 unspecified atom stereocenters.